The molecule has 0 fully saturated rings. The van der Waals surface area contributed by atoms with Gasteiger partial charge in [-0.05, 0) is 85.1 Å². The molecule has 0 aliphatic heterocycles. The molecule has 10 aromatic rings. The van der Waals surface area contributed by atoms with Crippen molar-refractivity contribution in [2.45, 2.75) is 19.3 Å². The van der Waals surface area contributed by atoms with Gasteiger partial charge in [0.05, 0.1) is 11.0 Å². The van der Waals surface area contributed by atoms with Crippen LogP contribution in [0.15, 0.2) is 152 Å². The van der Waals surface area contributed by atoms with Crippen molar-refractivity contribution in [1.82, 2.24) is 4.57 Å². The summed E-state index contributed by atoms with van der Waals surface area (Å²) in [7, 11) is 0. The van der Waals surface area contributed by atoms with Crippen molar-refractivity contribution in [2.24, 2.45) is 0 Å². The van der Waals surface area contributed by atoms with Crippen LogP contribution in [0, 0.1) is 0 Å². The topological polar surface area (TPSA) is 4.93 Å². The van der Waals surface area contributed by atoms with Crippen LogP contribution >= 0.6 is 11.3 Å². The smallest absolute Gasteiger partial charge is 0.0637 e. The predicted octanol–water partition coefficient (Wildman–Crippen LogP) is 13.9. The van der Waals surface area contributed by atoms with Gasteiger partial charge in [-0.15, -0.1) is 11.3 Å². The van der Waals surface area contributed by atoms with Crippen molar-refractivity contribution in [3.63, 3.8) is 0 Å². The summed E-state index contributed by atoms with van der Waals surface area (Å²) in [6, 6.07) is 56.8. The lowest BCUT2D eigenvalue weighted by molar-refractivity contribution is 0.667. The summed E-state index contributed by atoms with van der Waals surface area (Å²) >= 11 is 1.95. The third-order valence-corrected chi connectivity index (χ3v) is 13.1. The number of hydrogen-bond acceptors (Lipinski definition) is 1. The molecule has 2 heterocycles. The van der Waals surface area contributed by atoms with E-state index in [1.54, 1.807) is 0 Å². The van der Waals surface area contributed by atoms with Crippen LogP contribution in [0.25, 0.3) is 103 Å². The third-order valence-electron chi connectivity index (χ3n) is 11.9. The van der Waals surface area contributed by atoms with E-state index >= 15 is 0 Å². The van der Waals surface area contributed by atoms with Crippen molar-refractivity contribution >= 4 is 64.1 Å². The van der Waals surface area contributed by atoms with Gasteiger partial charge in [-0.25, -0.2) is 0 Å². The van der Waals surface area contributed by atoms with Crippen molar-refractivity contribution in [1.29, 1.82) is 0 Å². The lowest BCUT2D eigenvalue weighted by atomic mass is 9.80. The first kappa shape index (κ1) is 27.8. The van der Waals surface area contributed by atoms with Gasteiger partial charge < -0.3 is 4.57 Å². The molecule has 2 aromatic heterocycles. The molecule has 0 amide bonds. The van der Waals surface area contributed by atoms with Crippen LogP contribution in [0.3, 0.4) is 0 Å². The highest BCUT2D eigenvalue weighted by atomic mass is 32.1. The fourth-order valence-corrected chi connectivity index (χ4v) is 11.1. The largest absolute Gasteiger partial charge is 0.309 e. The highest BCUT2D eigenvalue weighted by Crippen LogP contribution is 2.59. The van der Waals surface area contributed by atoms with Crippen molar-refractivity contribution in [3.8, 4) is 50.2 Å². The maximum atomic E-state index is 2.57. The van der Waals surface area contributed by atoms with Crippen LogP contribution in [-0.4, -0.2) is 4.57 Å². The molecule has 0 unspecified atom stereocenters. The summed E-state index contributed by atoms with van der Waals surface area (Å²) in [4.78, 5) is 0. The first-order chi connectivity index (χ1) is 25.1. The van der Waals surface area contributed by atoms with Crippen LogP contribution in [0.4, 0.5) is 0 Å². The van der Waals surface area contributed by atoms with E-state index in [0.717, 1.165) is 0 Å². The Hall–Kier alpha value is -5.96. The molecule has 12 rings (SSSR count). The molecule has 2 aliphatic carbocycles. The van der Waals surface area contributed by atoms with Gasteiger partial charge >= 0.3 is 0 Å². The van der Waals surface area contributed by atoms with E-state index in [4.69, 9.17) is 0 Å². The molecule has 8 aromatic carbocycles. The van der Waals surface area contributed by atoms with Crippen LogP contribution in [0.2, 0.25) is 0 Å². The fraction of sp³-hybridized carbons (Fsp3) is 0.0612. The Kier molecular flexibility index (Phi) is 5.25. The van der Waals surface area contributed by atoms with Crippen LogP contribution in [0.5, 0.6) is 0 Å². The van der Waals surface area contributed by atoms with E-state index in [-0.39, 0.29) is 5.41 Å². The summed E-state index contributed by atoms with van der Waals surface area (Å²) in [5, 5.41) is 8.13. The van der Waals surface area contributed by atoms with Gasteiger partial charge in [-0.2, -0.15) is 0 Å². The Labute approximate surface area is 299 Å². The molecule has 2 heteroatoms. The number of nitrogens with zero attached hydrogens (tertiary/aromatic N) is 1. The summed E-state index contributed by atoms with van der Waals surface area (Å²) in [5.74, 6) is 0. The molecule has 0 atom stereocenters. The molecule has 1 nitrogen and oxygen atoms in total. The molecular formula is C49H31NS. The number of aromatic nitrogens is 1. The molecule has 0 bridgehead atoms. The van der Waals surface area contributed by atoms with Gasteiger partial charge in [-0.3, -0.25) is 0 Å². The normalized spacial score (nSPS) is 13.8. The second-order valence-electron chi connectivity index (χ2n) is 14.8. The van der Waals surface area contributed by atoms with Gasteiger partial charge in [0, 0.05) is 47.6 Å². The van der Waals surface area contributed by atoms with Crippen LogP contribution in [-0.2, 0) is 5.41 Å². The number of para-hydroxylation sites is 1. The SMILES string of the molecule is CC1(C)c2ccccc2-c2c1c1c3ccccc3sc1c1c3ccccc3n(-c3cccc(-c4ccc5c6c(cccc46)-c4ccccc4-5)c3)c21. The van der Waals surface area contributed by atoms with Gasteiger partial charge in [-0.1, -0.05) is 141 Å². The number of fused-ring (bicyclic) bond motifs is 15. The molecule has 0 radical (unpaired) electrons. The predicted molar refractivity (Wildman–Crippen MR) is 219 cm³/mol. The van der Waals surface area contributed by atoms with E-state index in [1.165, 1.54) is 114 Å². The van der Waals surface area contributed by atoms with E-state index in [2.05, 4.69) is 170 Å². The minimum Gasteiger partial charge on any atom is -0.309 e. The molecule has 0 saturated heterocycles. The number of hydrogen-bond donors (Lipinski definition) is 0. The molecule has 51 heavy (non-hydrogen) atoms. The second-order valence-corrected chi connectivity index (χ2v) is 15.8. The highest BCUT2D eigenvalue weighted by molar-refractivity contribution is 7.26. The Morgan fingerprint density at radius 1 is 0.490 bits per heavy atom. The van der Waals surface area contributed by atoms with Crippen molar-refractivity contribution in [3.05, 3.63) is 163 Å². The zero-order chi connectivity index (χ0) is 33.6. The summed E-state index contributed by atoms with van der Waals surface area (Å²) in [6.07, 6.45) is 0. The Morgan fingerprint density at radius 2 is 1.14 bits per heavy atom. The first-order valence-electron chi connectivity index (χ1n) is 17.9. The lowest BCUT2D eigenvalue weighted by Gasteiger charge is -2.23. The average molecular weight is 666 g/mol. The summed E-state index contributed by atoms with van der Waals surface area (Å²) in [6.45, 7) is 4.85. The van der Waals surface area contributed by atoms with Gasteiger partial charge in [0.15, 0.2) is 0 Å². The molecule has 238 valence electrons. The average Bonchev–Trinajstić information content (AvgIpc) is 3.88. The van der Waals surface area contributed by atoms with Gasteiger partial charge in [0.1, 0.15) is 0 Å². The number of rotatable bonds is 2. The Balaban J connectivity index is 1.21. The molecule has 2 aliphatic rings. The minimum absolute atomic E-state index is 0.145. The Bertz CT molecular complexity index is 3140. The molecule has 0 spiro atoms. The van der Waals surface area contributed by atoms with E-state index < -0.39 is 0 Å². The first-order valence-corrected chi connectivity index (χ1v) is 18.7. The molecule has 0 N–H and O–H groups in total. The lowest BCUT2D eigenvalue weighted by Crippen LogP contribution is -2.15. The zero-order valence-corrected chi connectivity index (χ0v) is 29.1. The monoisotopic (exact) mass is 665 g/mol. The summed E-state index contributed by atoms with van der Waals surface area (Å²) in [5.41, 5.74) is 17.0. The van der Waals surface area contributed by atoms with E-state index in [1.807, 2.05) is 11.3 Å². The highest BCUT2D eigenvalue weighted by Gasteiger charge is 2.40. The zero-order valence-electron chi connectivity index (χ0n) is 28.3. The fourth-order valence-electron chi connectivity index (χ4n) is 9.83. The standard InChI is InChI=1S/C49H31NS/c1-49(2)39-22-8-5-17-36(39)43-46(49)44-38-19-7-10-24-41(38)51-48(44)45-37-18-6-9-23-40(37)50(47(43)45)29-14-11-13-28(27-29)30-25-26-35-32-16-4-3-15-31(32)34-21-12-20-33(30)42(34)35/h3-27H,1-2H3. The molecular weight excluding hydrogens is 635 g/mol. The van der Waals surface area contributed by atoms with Gasteiger partial charge in [0.2, 0.25) is 0 Å². The van der Waals surface area contributed by atoms with E-state index in [9.17, 15) is 0 Å². The van der Waals surface area contributed by atoms with Crippen molar-refractivity contribution in [2.75, 3.05) is 0 Å². The maximum Gasteiger partial charge on any atom is 0.0637 e. The Morgan fingerprint density at radius 3 is 2.00 bits per heavy atom. The van der Waals surface area contributed by atoms with Crippen LogP contribution in [0.1, 0.15) is 25.0 Å². The second kappa shape index (κ2) is 9.63. The van der Waals surface area contributed by atoms with Crippen LogP contribution < -0.4 is 0 Å². The van der Waals surface area contributed by atoms with E-state index in [0.29, 0.717) is 0 Å². The van der Waals surface area contributed by atoms with Gasteiger partial charge in [0.25, 0.3) is 0 Å². The number of benzene rings is 8. The molecule has 0 saturated carbocycles. The minimum atomic E-state index is -0.145. The number of thiophene rings is 1. The third kappa shape index (κ3) is 3.41. The van der Waals surface area contributed by atoms with Crippen molar-refractivity contribution < 1.29 is 0 Å². The quantitative estimate of drug-likeness (QED) is 0.173. The maximum absolute atomic E-state index is 2.57. The summed E-state index contributed by atoms with van der Waals surface area (Å²) < 4.78 is 5.32.